The molecule has 21 heavy (non-hydrogen) atoms. The molecule has 1 aliphatic heterocycles. The van der Waals surface area contributed by atoms with Crippen molar-refractivity contribution in [3.63, 3.8) is 0 Å². The van der Waals surface area contributed by atoms with Crippen LogP contribution in [0.4, 0.5) is 9.18 Å². The largest absolute Gasteiger partial charge is 0.338 e. The molecule has 1 fully saturated rings. The minimum absolute atomic E-state index is 0.0595. The van der Waals surface area contributed by atoms with Gasteiger partial charge in [0, 0.05) is 30.3 Å². The summed E-state index contributed by atoms with van der Waals surface area (Å²) >= 11 is 3.60. The van der Waals surface area contributed by atoms with Gasteiger partial charge >= 0.3 is 6.03 Å². The number of thioether (sulfide) groups is 2. The first-order valence-electron chi connectivity index (χ1n) is 7.24. The van der Waals surface area contributed by atoms with Gasteiger partial charge in [0.05, 0.1) is 0 Å². The Labute approximate surface area is 134 Å². The second-order valence-corrected chi connectivity index (χ2v) is 7.23. The summed E-state index contributed by atoms with van der Waals surface area (Å²) in [5.74, 6) is 2.90. The third kappa shape index (κ3) is 6.18. The van der Waals surface area contributed by atoms with Gasteiger partial charge in [-0.3, -0.25) is 0 Å². The van der Waals surface area contributed by atoms with Gasteiger partial charge in [0.25, 0.3) is 0 Å². The molecule has 1 heterocycles. The fourth-order valence-electron chi connectivity index (χ4n) is 2.05. The van der Waals surface area contributed by atoms with Crippen molar-refractivity contribution in [2.24, 2.45) is 0 Å². The molecule has 2 amide bonds. The summed E-state index contributed by atoms with van der Waals surface area (Å²) in [6, 6.07) is 6.58. The number of benzene rings is 1. The monoisotopic (exact) mass is 328 g/mol. The van der Waals surface area contributed by atoms with Crippen molar-refractivity contribution in [3.05, 3.63) is 30.1 Å². The summed E-state index contributed by atoms with van der Waals surface area (Å²) in [5.41, 5.74) is 0. The first-order chi connectivity index (χ1) is 10.3. The van der Waals surface area contributed by atoms with Crippen LogP contribution in [0.5, 0.6) is 0 Å². The van der Waals surface area contributed by atoms with E-state index in [9.17, 15) is 9.18 Å². The Kier molecular flexibility index (Phi) is 7.23. The summed E-state index contributed by atoms with van der Waals surface area (Å²) in [5, 5.41) is 2.98. The van der Waals surface area contributed by atoms with E-state index in [2.05, 4.69) is 5.32 Å². The van der Waals surface area contributed by atoms with Gasteiger partial charge in [-0.2, -0.15) is 11.8 Å². The molecule has 1 saturated heterocycles. The standard InChI is InChI=1S/C15H21FN2OS2/c16-13-3-5-14(6-4-13)21-11-1-7-17-15(19)18-8-2-10-20-12-9-18/h3-6H,1-2,7-12H2,(H,17,19). The Morgan fingerprint density at radius 2 is 2.10 bits per heavy atom. The number of hydrogen-bond acceptors (Lipinski definition) is 3. The van der Waals surface area contributed by atoms with Gasteiger partial charge in [0.1, 0.15) is 5.82 Å². The van der Waals surface area contributed by atoms with Gasteiger partial charge in [-0.05, 0) is 48.6 Å². The van der Waals surface area contributed by atoms with E-state index in [-0.39, 0.29) is 11.8 Å². The highest BCUT2D eigenvalue weighted by molar-refractivity contribution is 7.99. The molecular weight excluding hydrogens is 307 g/mol. The summed E-state index contributed by atoms with van der Waals surface area (Å²) in [7, 11) is 0. The van der Waals surface area contributed by atoms with E-state index < -0.39 is 0 Å². The van der Waals surface area contributed by atoms with Gasteiger partial charge < -0.3 is 10.2 Å². The third-order valence-electron chi connectivity index (χ3n) is 3.19. The molecule has 0 aromatic heterocycles. The summed E-state index contributed by atoms with van der Waals surface area (Å²) in [6.07, 6.45) is 1.99. The van der Waals surface area contributed by atoms with Crippen LogP contribution in [0.1, 0.15) is 12.8 Å². The van der Waals surface area contributed by atoms with E-state index in [0.29, 0.717) is 6.54 Å². The quantitative estimate of drug-likeness (QED) is 0.664. The Balaban J connectivity index is 1.58. The number of halogens is 1. The lowest BCUT2D eigenvalue weighted by Crippen LogP contribution is -2.41. The summed E-state index contributed by atoms with van der Waals surface area (Å²) in [6.45, 7) is 2.40. The molecule has 0 unspecified atom stereocenters. The molecule has 2 rings (SSSR count). The van der Waals surface area contributed by atoms with Crippen LogP contribution in [-0.2, 0) is 0 Å². The van der Waals surface area contributed by atoms with Crippen molar-refractivity contribution in [1.29, 1.82) is 0 Å². The second-order valence-electron chi connectivity index (χ2n) is 4.84. The number of carbonyl (C=O) groups is 1. The van der Waals surface area contributed by atoms with Crippen LogP contribution in [0.15, 0.2) is 29.2 Å². The van der Waals surface area contributed by atoms with Crippen molar-refractivity contribution >= 4 is 29.6 Å². The van der Waals surface area contributed by atoms with Gasteiger partial charge in [-0.15, -0.1) is 11.8 Å². The van der Waals surface area contributed by atoms with Crippen LogP contribution in [0.2, 0.25) is 0 Å². The lowest BCUT2D eigenvalue weighted by atomic mass is 10.4. The highest BCUT2D eigenvalue weighted by Crippen LogP contribution is 2.18. The van der Waals surface area contributed by atoms with Crippen LogP contribution in [0.3, 0.4) is 0 Å². The maximum Gasteiger partial charge on any atom is 0.317 e. The highest BCUT2D eigenvalue weighted by atomic mass is 32.2. The molecular formula is C15H21FN2OS2. The molecule has 0 atom stereocenters. The fraction of sp³-hybridized carbons (Fsp3) is 0.533. The Hall–Kier alpha value is -0.880. The van der Waals surface area contributed by atoms with Crippen molar-refractivity contribution in [1.82, 2.24) is 10.2 Å². The number of nitrogens with one attached hydrogen (secondary N) is 1. The molecule has 1 aromatic rings. The predicted molar refractivity (Wildman–Crippen MR) is 88.7 cm³/mol. The molecule has 1 N–H and O–H groups in total. The fourth-order valence-corrected chi connectivity index (χ4v) is 3.79. The Bertz CT molecular complexity index is 434. The molecule has 3 nitrogen and oxygen atoms in total. The predicted octanol–water partition coefficient (Wildman–Crippen LogP) is 3.46. The molecule has 0 spiro atoms. The van der Waals surface area contributed by atoms with Crippen molar-refractivity contribution in [2.75, 3.05) is 36.9 Å². The minimum Gasteiger partial charge on any atom is -0.338 e. The van der Waals surface area contributed by atoms with E-state index in [1.807, 2.05) is 16.7 Å². The number of amides is 2. The third-order valence-corrected chi connectivity index (χ3v) is 5.34. The number of nitrogens with zero attached hydrogens (tertiary/aromatic N) is 1. The van der Waals surface area contributed by atoms with E-state index >= 15 is 0 Å². The molecule has 1 aromatic carbocycles. The summed E-state index contributed by atoms with van der Waals surface area (Å²) in [4.78, 5) is 15.0. The zero-order chi connectivity index (χ0) is 14.9. The Morgan fingerprint density at radius 1 is 1.29 bits per heavy atom. The average Bonchev–Trinajstić information content (AvgIpc) is 2.78. The lowest BCUT2D eigenvalue weighted by molar-refractivity contribution is 0.202. The summed E-state index contributed by atoms with van der Waals surface area (Å²) < 4.78 is 12.8. The van der Waals surface area contributed by atoms with Crippen LogP contribution in [0.25, 0.3) is 0 Å². The average molecular weight is 328 g/mol. The van der Waals surface area contributed by atoms with E-state index in [0.717, 1.165) is 48.1 Å². The number of urea groups is 1. The molecule has 0 saturated carbocycles. The van der Waals surface area contributed by atoms with E-state index in [4.69, 9.17) is 0 Å². The normalized spacial score (nSPS) is 15.6. The number of hydrogen-bond donors (Lipinski definition) is 1. The van der Waals surface area contributed by atoms with Gasteiger partial charge in [0.2, 0.25) is 0 Å². The first-order valence-corrected chi connectivity index (χ1v) is 9.38. The highest BCUT2D eigenvalue weighted by Gasteiger charge is 2.14. The topological polar surface area (TPSA) is 32.3 Å². The molecule has 0 aliphatic carbocycles. The smallest absolute Gasteiger partial charge is 0.317 e. The molecule has 116 valence electrons. The van der Waals surface area contributed by atoms with Gasteiger partial charge in [-0.1, -0.05) is 0 Å². The van der Waals surface area contributed by atoms with E-state index in [1.54, 1.807) is 23.9 Å². The minimum atomic E-state index is -0.206. The molecule has 1 aliphatic rings. The van der Waals surface area contributed by atoms with Crippen molar-refractivity contribution in [3.8, 4) is 0 Å². The lowest BCUT2D eigenvalue weighted by Gasteiger charge is -2.20. The van der Waals surface area contributed by atoms with Crippen molar-refractivity contribution < 1.29 is 9.18 Å². The zero-order valence-electron chi connectivity index (χ0n) is 12.0. The maximum atomic E-state index is 12.8. The molecule has 0 bridgehead atoms. The zero-order valence-corrected chi connectivity index (χ0v) is 13.6. The van der Waals surface area contributed by atoms with Gasteiger partial charge in [0.15, 0.2) is 0 Å². The van der Waals surface area contributed by atoms with Crippen LogP contribution in [0, 0.1) is 5.82 Å². The Morgan fingerprint density at radius 3 is 2.90 bits per heavy atom. The van der Waals surface area contributed by atoms with Crippen LogP contribution < -0.4 is 5.32 Å². The van der Waals surface area contributed by atoms with Gasteiger partial charge in [-0.25, -0.2) is 9.18 Å². The number of rotatable bonds is 5. The molecule has 6 heteroatoms. The SMILES string of the molecule is O=C(NCCCSc1ccc(F)cc1)N1CCCSCC1. The van der Waals surface area contributed by atoms with Crippen LogP contribution >= 0.6 is 23.5 Å². The van der Waals surface area contributed by atoms with E-state index in [1.165, 1.54) is 12.1 Å². The maximum absolute atomic E-state index is 12.8. The first kappa shape index (κ1) is 16.5. The number of carbonyl (C=O) groups excluding carboxylic acids is 1. The van der Waals surface area contributed by atoms with Crippen LogP contribution in [-0.4, -0.2) is 47.8 Å². The molecule has 0 radical (unpaired) electrons. The second kappa shape index (κ2) is 9.20. The van der Waals surface area contributed by atoms with Crippen molar-refractivity contribution in [2.45, 2.75) is 17.7 Å².